The average molecular weight is 228 g/mol. The van der Waals surface area contributed by atoms with E-state index in [0.29, 0.717) is 5.92 Å². The third-order valence-corrected chi connectivity index (χ3v) is 3.26. The minimum absolute atomic E-state index is 0.0176. The summed E-state index contributed by atoms with van der Waals surface area (Å²) >= 11 is 0. The van der Waals surface area contributed by atoms with Gasteiger partial charge in [0.25, 0.3) is 0 Å². The first-order valence-electron chi connectivity index (χ1n) is 5.67. The van der Waals surface area contributed by atoms with Crippen molar-refractivity contribution in [2.24, 2.45) is 5.92 Å². The van der Waals surface area contributed by atoms with E-state index in [2.05, 4.69) is 23.9 Å². The summed E-state index contributed by atoms with van der Waals surface area (Å²) in [5.74, 6) is 0.486. The lowest BCUT2D eigenvalue weighted by molar-refractivity contribution is -0.134. The van der Waals surface area contributed by atoms with Gasteiger partial charge in [-0.15, -0.1) is 0 Å². The van der Waals surface area contributed by atoms with Gasteiger partial charge in [0.05, 0.1) is 7.11 Å². The summed E-state index contributed by atoms with van der Waals surface area (Å²) < 4.78 is 4.42. The third-order valence-electron chi connectivity index (χ3n) is 3.26. The first kappa shape index (κ1) is 12.8. The second kappa shape index (κ2) is 5.72. The highest BCUT2D eigenvalue weighted by atomic mass is 16.5. The normalized spacial score (nSPS) is 25.1. The fourth-order valence-electron chi connectivity index (χ4n) is 2.01. The fraction of sp³-hybridized carbons (Fsp3) is 0.818. The van der Waals surface area contributed by atoms with E-state index in [9.17, 15) is 9.59 Å². The number of hydrogen-bond donors (Lipinski definition) is 1. The van der Waals surface area contributed by atoms with Crippen LogP contribution in [-0.4, -0.2) is 43.1 Å². The van der Waals surface area contributed by atoms with Crippen LogP contribution >= 0.6 is 0 Å². The lowest BCUT2D eigenvalue weighted by Gasteiger charge is -2.37. The molecule has 1 saturated heterocycles. The number of carbonyl (C=O) groups excluding carboxylic acids is 2. The number of ether oxygens (including phenoxy) is 1. The maximum atomic E-state index is 11.8. The topological polar surface area (TPSA) is 58.6 Å². The Hall–Kier alpha value is -1.26. The van der Waals surface area contributed by atoms with Crippen molar-refractivity contribution >= 4 is 12.0 Å². The van der Waals surface area contributed by atoms with E-state index in [1.807, 2.05) is 4.90 Å². The molecule has 1 N–H and O–H groups in total. The van der Waals surface area contributed by atoms with E-state index < -0.39 is 6.09 Å². The van der Waals surface area contributed by atoms with Crippen molar-refractivity contribution in [3.63, 3.8) is 0 Å². The molecule has 1 aliphatic rings. The molecule has 0 saturated carbocycles. The summed E-state index contributed by atoms with van der Waals surface area (Å²) in [6.45, 7) is 5.01. The Bertz CT molecular complexity index is 268. The van der Waals surface area contributed by atoms with Gasteiger partial charge in [-0.3, -0.25) is 4.79 Å². The van der Waals surface area contributed by atoms with E-state index >= 15 is 0 Å². The zero-order valence-corrected chi connectivity index (χ0v) is 10.2. The van der Waals surface area contributed by atoms with Gasteiger partial charge >= 0.3 is 6.09 Å². The minimum atomic E-state index is -0.564. The monoisotopic (exact) mass is 228 g/mol. The second-order valence-electron chi connectivity index (χ2n) is 4.29. The van der Waals surface area contributed by atoms with Crippen LogP contribution in [0, 0.1) is 5.92 Å². The molecule has 0 unspecified atom stereocenters. The van der Waals surface area contributed by atoms with Crippen LogP contribution in [-0.2, 0) is 9.53 Å². The summed E-state index contributed by atoms with van der Waals surface area (Å²) in [6.07, 6.45) is 1.64. The molecule has 0 radical (unpaired) electrons. The summed E-state index contributed by atoms with van der Waals surface area (Å²) in [5, 5.41) is 2.41. The van der Waals surface area contributed by atoms with Gasteiger partial charge in [0.2, 0.25) is 5.91 Å². The highest BCUT2D eigenvalue weighted by molar-refractivity contribution is 5.82. The maximum Gasteiger partial charge on any atom is 0.407 e. The molecule has 0 spiro atoms. The quantitative estimate of drug-likeness (QED) is 0.766. The first-order chi connectivity index (χ1) is 7.56. The SMILES string of the molecule is COC(=O)NCC(=O)N1CCC[C@@H](C)[C@H]1C. The average Bonchev–Trinajstić information content (AvgIpc) is 2.29. The Balaban J connectivity index is 2.43. The molecular weight excluding hydrogens is 208 g/mol. The highest BCUT2D eigenvalue weighted by Crippen LogP contribution is 2.22. The number of piperidine rings is 1. The van der Waals surface area contributed by atoms with Gasteiger partial charge in [-0.05, 0) is 25.7 Å². The molecule has 1 rings (SSSR count). The molecule has 2 amide bonds. The van der Waals surface area contributed by atoms with Crippen LogP contribution < -0.4 is 5.32 Å². The van der Waals surface area contributed by atoms with Crippen molar-refractivity contribution in [1.82, 2.24) is 10.2 Å². The number of rotatable bonds is 2. The molecule has 0 aromatic rings. The molecule has 5 heteroatoms. The largest absolute Gasteiger partial charge is 0.453 e. The van der Waals surface area contributed by atoms with Crippen LogP contribution in [0.15, 0.2) is 0 Å². The van der Waals surface area contributed by atoms with Crippen molar-refractivity contribution in [1.29, 1.82) is 0 Å². The van der Waals surface area contributed by atoms with Crippen LogP contribution in [0.5, 0.6) is 0 Å². The fourth-order valence-corrected chi connectivity index (χ4v) is 2.01. The van der Waals surface area contributed by atoms with Crippen molar-refractivity contribution in [2.75, 3.05) is 20.2 Å². The molecule has 1 aliphatic heterocycles. The van der Waals surface area contributed by atoms with E-state index in [-0.39, 0.29) is 18.5 Å². The molecule has 0 aromatic carbocycles. The van der Waals surface area contributed by atoms with Gasteiger partial charge in [0, 0.05) is 12.6 Å². The number of nitrogens with one attached hydrogen (secondary N) is 1. The second-order valence-corrected chi connectivity index (χ2v) is 4.29. The predicted octanol–water partition coefficient (Wildman–Crippen LogP) is 0.989. The standard InChI is InChI=1S/C11H20N2O3/c1-8-5-4-6-13(9(8)2)10(14)7-12-11(15)16-3/h8-9H,4-7H2,1-3H3,(H,12,15)/t8-,9-/m1/s1. The lowest BCUT2D eigenvalue weighted by atomic mass is 9.92. The van der Waals surface area contributed by atoms with Crippen LogP contribution in [0.25, 0.3) is 0 Å². The number of amides is 2. The Kier molecular flexibility index (Phi) is 4.58. The number of carbonyl (C=O) groups is 2. The van der Waals surface area contributed by atoms with Crippen molar-refractivity contribution < 1.29 is 14.3 Å². The predicted molar refractivity (Wildman–Crippen MR) is 60.0 cm³/mol. The van der Waals surface area contributed by atoms with Gasteiger partial charge in [0.15, 0.2) is 0 Å². The Morgan fingerprint density at radius 3 is 2.75 bits per heavy atom. The number of likely N-dealkylation sites (tertiary alicyclic amines) is 1. The van der Waals surface area contributed by atoms with Crippen molar-refractivity contribution in [3.05, 3.63) is 0 Å². The third kappa shape index (κ3) is 3.12. The van der Waals surface area contributed by atoms with Gasteiger partial charge in [-0.1, -0.05) is 6.92 Å². The van der Waals surface area contributed by atoms with E-state index in [1.165, 1.54) is 7.11 Å². The van der Waals surface area contributed by atoms with Crippen LogP contribution in [0.2, 0.25) is 0 Å². The van der Waals surface area contributed by atoms with Crippen LogP contribution in [0.4, 0.5) is 4.79 Å². The lowest BCUT2D eigenvalue weighted by Crippen LogP contribution is -2.49. The molecule has 16 heavy (non-hydrogen) atoms. The Labute approximate surface area is 96.1 Å². The molecule has 92 valence electrons. The molecule has 5 nitrogen and oxygen atoms in total. The number of methoxy groups -OCH3 is 1. The Morgan fingerprint density at radius 2 is 2.12 bits per heavy atom. The molecule has 0 aliphatic carbocycles. The van der Waals surface area contributed by atoms with Gasteiger partial charge in [0.1, 0.15) is 6.54 Å². The first-order valence-corrected chi connectivity index (χ1v) is 5.67. The van der Waals surface area contributed by atoms with Crippen LogP contribution in [0.3, 0.4) is 0 Å². The highest BCUT2D eigenvalue weighted by Gasteiger charge is 2.28. The maximum absolute atomic E-state index is 11.8. The van der Waals surface area contributed by atoms with Gasteiger partial charge in [-0.25, -0.2) is 4.79 Å². The molecule has 1 fully saturated rings. The molecule has 0 aromatic heterocycles. The number of nitrogens with zero attached hydrogens (tertiary/aromatic N) is 1. The zero-order valence-electron chi connectivity index (χ0n) is 10.2. The van der Waals surface area contributed by atoms with E-state index in [1.54, 1.807) is 0 Å². The Morgan fingerprint density at radius 1 is 1.44 bits per heavy atom. The summed E-state index contributed by atoms with van der Waals surface area (Å²) in [5.41, 5.74) is 0. The van der Waals surface area contributed by atoms with Gasteiger partial charge < -0.3 is 15.0 Å². The van der Waals surface area contributed by atoms with E-state index in [4.69, 9.17) is 0 Å². The number of alkyl carbamates (subject to hydrolysis) is 1. The minimum Gasteiger partial charge on any atom is -0.453 e. The summed E-state index contributed by atoms with van der Waals surface area (Å²) in [6, 6.07) is 0.251. The molecule has 2 atom stereocenters. The van der Waals surface area contributed by atoms with Gasteiger partial charge in [-0.2, -0.15) is 0 Å². The number of hydrogen-bond acceptors (Lipinski definition) is 3. The molecule has 0 bridgehead atoms. The van der Waals surface area contributed by atoms with Crippen molar-refractivity contribution in [2.45, 2.75) is 32.7 Å². The van der Waals surface area contributed by atoms with Crippen LogP contribution in [0.1, 0.15) is 26.7 Å². The van der Waals surface area contributed by atoms with E-state index in [0.717, 1.165) is 19.4 Å². The summed E-state index contributed by atoms with van der Waals surface area (Å²) in [4.78, 5) is 24.5. The van der Waals surface area contributed by atoms with Crippen molar-refractivity contribution in [3.8, 4) is 0 Å². The molecular formula is C11H20N2O3. The summed E-state index contributed by atoms with van der Waals surface area (Å²) in [7, 11) is 1.28. The smallest absolute Gasteiger partial charge is 0.407 e. The molecule has 1 heterocycles. The zero-order chi connectivity index (χ0) is 12.1.